The number of rotatable bonds is 4. The average molecular weight is 347 g/mol. The molecule has 3 aromatic rings. The summed E-state index contributed by atoms with van der Waals surface area (Å²) in [4.78, 5) is 8.76. The predicted molar refractivity (Wildman–Crippen MR) is 111 cm³/mol. The van der Waals surface area contributed by atoms with Gasteiger partial charge in [-0.1, -0.05) is 64.1 Å². The second-order valence-corrected chi connectivity index (χ2v) is 7.32. The SMILES string of the molecule is [2H]C(C)(C)c1cc(-c2ccc(-c3cnc(C)cn3)cc2)cc(C([2H])(C)C)c1C. The van der Waals surface area contributed by atoms with Crippen LogP contribution in [0.4, 0.5) is 0 Å². The Labute approximate surface area is 160 Å². The number of benzene rings is 2. The van der Waals surface area contributed by atoms with Crippen LogP contribution in [-0.4, -0.2) is 9.97 Å². The Morgan fingerprint density at radius 2 is 1.27 bits per heavy atom. The Hall–Kier alpha value is -2.48. The quantitative estimate of drug-likeness (QED) is 0.527. The van der Waals surface area contributed by atoms with E-state index in [1.165, 1.54) is 0 Å². The van der Waals surface area contributed by atoms with Crippen molar-refractivity contribution in [2.75, 3.05) is 0 Å². The molecule has 1 aromatic heterocycles. The lowest BCUT2D eigenvalue weighted by molar-refractivity contribution is 0.818. The highest BCUT2D eigenvalue weighted by Gasteiger charge is 2.13. The third-order valence-electron chi connectivity index (χ3n) is 4.78. The van der Waals surface area contributed by atoms with Crippen LogP contribution in [0, 0.1) is 13.8 Å². The molecule has 0 saturated heterocycles. The zero-order chi connectivity index (χ0) is 20.7. The minimum absolute atomic E-state index is 0.725. The van der Waals surface area contributed by atoms with Gasteiger partial charge in [0, 0.05) is 14.5 Å². The Morgan fingerprint density at radius 3 is 1.73 bits per heavy atom. The molecule has 0 spiro atoms. The second kappa shape index (κ2) is 7.41. The van der Waals surface area contributed by atoms with Gasteiger partial charge in [0.1, 0.15) is 0 Å². The standard InChI is InChI=1S/C24H28N2/c1-15(2)22-11-21(12-23(16(3)4)18(22)6)19-7-9-20(10-8-19)24-14-25-17(5)13-26-24/h7-16H,1-6H3/i15D,16D. The third kappa shape index (κ3) is 3.70. The summed E-state index contributed by atoms with van der Waals surface area (Å²) in [5, 5.41) is 0. The maximum absolute atomic E-state index is 8.56. The van der Waals surface area contributed by atoms with Crippen molar-refractivity contribution in [3.63, 3.8) is 0 Å². The van der Waals surface area contributed by atoms with Crippen LogP contribution in [0.3, 0.4) is 0 Å². The number of nitrogens with zero attached hydrogens (tertiary/aromatic N) is 2. The predicted octanol–water partition coefficient (Wildman–Crippen LogP) is 6.67. The highest BCUT2D eigenvalue weighted by molar-refractivity contribution is 5.70. The van der Waals surface area contributed by atoms with Crippen LogP contribution < -0.4 is 0 Å². The normalized spacial score (nSPS) is 13.3. The first kappa shape index (κ1) is 15.7. The molecule has 0 amide bonds. The fourth-order valence-electron chi connectivity index (χ4n) is 3.29. The van der Waals surface area contributed by atoms with Gasteiger partial charge in [-0.15, -0.1) is 0 Å². The fraction of sp³-hybridized carbons (Fsp3) is 0.333. The summed E-state index contributed by atoms with van der Waals surface area (Å²) in [5.41, 5.74) is 7.85. The number of aryl methyl sites for hydroxylation is 1. The highest BCUT2D eigenvalue weighted by atomic mass is 14.8. The molecule has 0 atom stereocenters. The van der Waals surface area contributed by atoms with Gasteiger partial charge >= 0.3 is 0 Å². The summed E-state index contributed by atoms with van der Waals surface area (Å²) < 4.78 is 17.1. The Morgan fingerprint density at radius 1 is 0.731 bits per heavy atom. The monoisotopic (exact) mass is 346 g/mol. The summed E-state index contributed by atoms with van der Waals surface area (Å²) in [6.45, 7) is 11.6. The van der Waals surface area contributed by atoms with Crippen molar-refractivity contribution in [1.29, 1.82) is 0 Å². The first-order valence-corrected chi connectivity index (χ1v) is 9.02. The highest BCUT2D eigenvalue weighted by Crippen LogP contribution is 2.33. The van der Waals surface area contributed by atoms with E-state index < -0.39 is 11.8 Å². The van der Waals surface area contributed by atoms with Crippen molar-refractivity contribution in [3.8, 4) is 22.4 Å². The molecule has 0 unspecified atom stereocenters. The summed E-state index contributed by atoms with van der Waals surface area (Å²) in [7, 11) is 0. The van der Waals surface area contributed by atoms with Gasteiger partial charge < -0.3 is 0 Å². The molecular weight excluding hydrogens is 316 g/mol. The maximum atomic E-state index is 8.56. The van der Waals surface area contributed by atoms with E-state index in [0.717, 1.165) is 44.8 Å². The molecule has 0 fully saturated rings. The van der Waals surface area contributed by atoms with E-state index in [4.69, 9.17) is 2.74 Å². The first-order chi connectivity index (χ1) is 13.0. The largest absolute Gasteiger partial charge is 0.258 e. The Kier molecular flexibility index (Phi) is 4.49. The van der Waals surface area contributed by atoms with E-state index in [-0.39, 0.29) is 0 Å². The summed E-state index contributed by atoms with van der Waals surface area (Å²) in [6.07, 6.45) is 3.56. The molecule has 134 valence electrons. The summed E-state index contributed by atoms with van der Waals surface area (Å²) in [6, 6.07) is 12.4. The molecule has 0 aliphatic heterocycles. The van der Waals surface area contributed by atoms with Crippen molar-refractivity contribution in [3.05, 3.63) is 71.2 Å². The minimum atomic E-state index is -0.725. The van der Waals surface area contributed by atoms with Crippen LogP contribution >= 0.6 is 0 Å². The van der Waals surface area contributed by atoms with Crippen molar-refractivity contribution in [2.45, 2.75) is 53.3 Å². The van der Waals surface area contributed by atoms with E-state index in [1.54, 1.807) is 12.4 Å². The van der Waals surface area contributed by atoms with Gasteiger partial charge in [0.2, 0.25) is 0 Å². The van der Waals surface area contributed by atoms with Crippen LogP contribution in [-0.2, 0) is 0 Å². The van der Waals surface area contributed by atoms with Crippen molar-refractivity contribution in [1.82, 2.24) is 9.97 Å². The van der Waals surface area contributed by atoms with Crippen molar-refractivity contribution < 1.29 is 2.74 Å². The zero-order valence-electron chi connectivity index (χ0n) is 18.5. The molecule has 2 nitrogen and oxygen atoms in total. The van der Waals surface area contributed by atoms with E-state index in [1.807, 2.05) is 53.7 Å². The smallest absolute Gasteiger partial charge is 0.0885 e. The number of aromatic nitrogens is 2. The van der Waals surface area contributed by atoms with Gasteiger partial charge in [-0.3, -0.25) is 9.97 Å². The Balaban J connectivity index is 2.09. The molecule has 2 aromatic carbocycles. The van der Waals surface area contributed by atoms with Gasteiger partial charge in [0.25, 0.3) is 0 Å². The minimum Gasteiger partial charge on any atom is -0.258 e. The molecule has 0 saturated carbocycles. The lowest BCUT2D eigenvalue weighted by atomic mass is 9.86. The summed E-state index contributed by atoms with van der Waals surface area (Å²) in [5.74, 6) is -1.45. The number of hydrogen-bond donors (Lipinski definition) is 0. The zero-order valence-corrected chi connectivity index (χ0v) is 16.5. The van der Waals surface area contributed by atoms with Gasteiger partial charge in [0.05, 0.1) is 17.6 Å². The molecule has 0 N–H and O–H groups in total. The van der Waals surface area contributed by atoms with Crippen molar-refractivity contribution >= 4 is 0 Å². The van der Waals surface area contributed by atoms with Gasteiger partial charge in [-0.25, -0.2) is 0 Å². The van der Waals surface area contributed by atoms with Crippen LogP contribution in [0.25, 0.3) is 22.4 Å². The molecule has 3 rings (SSSR count). The molecular formula is C24H28N2. The molecule has 0 bridgehead atoms. The molecule has 1 heterocycles. The lowest BCUT2D eigenvalue weighted by Crippen LogP contribution is -2.00. The van der Waals surface area contributed by atoms with Crippen LogP contribution in [0.2, 0.25) is 0 Å². The molecule has 0 aliphatic rings. The van der Waals surface area contributed by atoms with Gasteiger partial charge in [-0.05, 0) is 53.5 Å². The third-order valence-corrected chi connectivity index (χ3v) is 4.78. The van der Waals surface area contributed by atoms with E-state index >= 15 is 0 Å². The molecule has 2 heteroatoms. The van der Waals surface area contributed by atoms with E-state index in [9.17, 15) is 0 Å². The Bertz CT molecular complexity index is 942. The average Bonchev–Trinajstić information content (AvgIpc) is 2.61. The topological polar surface area (TPSA) is 25.8 Å². The lowest BCUT2D eigenvalue weighted by Gasteiger charge is -2.19. The molecule has 26 heavy (non-hydrogen) atoms. The van der Waals surface area contributed by atoms with Crippen LogP contribution in [0.5, 0.6) is 0 Å². The van der Waals surface area contributed by atoms with Gasteiger partial charge in [-0.2, -0.15) is 0 Å². The molecule has 0 aliphatic carbocycles. The number of hydrogen-bond acceptors (Lipinski definition) is 2. The second-order valence-electron chi connectivity index (χ2n) is 7.32. The fourth-order valence-corrected chi connectivity index (χ4v) is 3.29. The van der Waals surface area contributed by atoms with Crippen LogP contribution in [0.1, 0.15) is 64.6 Å². The molecule has 0 radical (unpaired) electrons. The van der Waals surface area contributed by atoms with Crippen molar-refractivity contribution in [2.24, 2.45) is 0 Å². The first-order valence-electron chi connectivity index (χ1n) is 10.0. The van der Waals surface area contributed by atoms with Crippen LogP contribution in [0.15, 0.2) is 48.8 Å². The van der Waals surface area contributed by atoms with E-state index in [0.29, 0.717) is 0 Å². The van der Waals surface area contributed by atoms with E-state index in [2.05, 4.69) is 34.2 Å². The maximum Gasteiger partial charge on any atom is 0.0885 e. The van der Waals surface area contributed by atoms with Gasteiger partial charge in [0.15, 0.2) is 0 Å². The summed E-state index contributed by atoms with van der Waals surface area (Å²) >= 11 is 0.